The van der Waals surface area contributed by atoms with Crippen molar-refractivity contribution < 1.29 is 9.59 Å². The Morgan fingerprint density at radius 3 is 2.79 bits per heavy atom. The molecule has 0 N–H and O–H groups in total. The molecule has 0 unspecified atom stereocenters. The Bertz CT molecular complexity index is 1030. The molecule has 0 saturated carbocycles. The highest BCUT2D eigenvalue weighted by molar-refractivity contribution is 5.79. The number of aromatic nitrogens is 2. The van der Waals surface area contributed by atoms with Crippen molar-refractivity contribution in [3.8, 4) is 0 Å². The Morgan fingerprint density at radius 1 is 1.14 bits per heavy atom. The zero-order valence-electron chi connectivity index (χ0n) is 16.5. The van der Waals surface area contributed by atoms with E-state index in [0.29, 0.717) is 44.2 Å². The fourth-order valence-electron chi connectivity index (χ4n) is 5.22. The van der Waals surface area contributed by atoms with E-state index in [4.69, 9.17) is 4.98 Å². The van der Waals surface area contributed by atoms with Crippen molar-refractivity contribution in [1.29, 1.82) is 0 Å². The minimum atomic E-state index is -0.00176. The first-order chi connectivity index (χ1) is 14.1. The van der Waals surface area contributed by atoms with Gasteiger partial charge >= 0.3 is 0 Å². The van der Waals surface area contributed by atoms with Crippen LogP contribution in [0.15, 0.2) is 29.1 Å². The summed E-state index contributed by atoms with van der Waals surface area (Å²) in [5, 5.41) is 0.641. The first-order valence-corrected chi connectivity index (χ1v) is 10.7. The first-order valence-electron chi connectivity index (χ1n) is 10.7. The Kier molecular flexibility index (Phi) is 4.60. The van der Waals surface area contributed by atoms with Gasteiger partial charge in [0, 0.05) is 44.9 Å². The molecular formula is C22H26N4O3. The second kappa shape index (κ2) is 7.28. The average molecular weight is 394 g/mol. The van der Waals surface area contributed by atoms with Crippen molar-refractivity contribution in [2.24, 2.45) is 0 Å². The summed E-state index contributed by atoms with van der Waals surface area (Å²) in [7, 11) is 0. The number of carbonyl (C=O) groups excluding carboxylic acids is 2. The van der Waals surface area contributed by atoms with Crippen LogP contribution in [0.5, 0.6) is 0 Å². The molecular weight excluding hydrogens is 368 g/mol. The van der Waals surface area contributed by atoms with Crippen LogP contribution in [0.4, 0.5) is 0 Å². The number of nitrogens with zero attached hydrogens (tertiary/aromatic N) is 4. The molecule has 29 heavy (non-hydrogen) atoms. The van der Waals surface area contributed by atoms with Crippen molar-refractivity contribution in [2.75, 3.05) is 13.1 Å². The monoisotopic (exact) mass is 394 g/mol. The van der Waals surface area contributed by atoms with E-state index in [1.165, 1.54) is 0 Å². The van der Waals surface area contributed by atoms with E-state index in [1.54, 1.807) is 4.57 Å². The average Bonchev–Trinajstić information content (AvgIpc) is 3.25. The van der Waals surface area contributed by atoms with E-state index in [-0.39, 0.29) is 29.5 Å². The maximum atomic E-state index is 13.1. The summed E-state index contributed by atoms with van der Waals surface area (Å²) in [5.41, 5.74) is 0.729. The Labute approximate surface area is 169 Å². The van der Waals surface area contributed by atoms with Crippen molar-refractivity contribution in [3.63, 3.8) is 0 Å². The van der Waals surface area contributed by atoms with Gasteiger partial charge in [-0.1, -0.05) is 12.1 Å². The molecule has 2 fully saturated rings. The highest BCUT2D eigenvalue weighted by Gasteiger charge is 2.40. The summed E-state index contributed by atoms with van der Waals surface area (Å²) in [6.45, 7) is 2.01. The Morgan fingerprint density at radius 2 is 1.97 bits per heavy atom. The van der Waals surface area contributed by atoms with Gasteiger partial charge in [0.15, 0.2) is 0 Å². The number of benzene rings is 1. The SMILES string of the molecule is O=C1CCCN1CCCC(=O)N1[C@@H]2CC[C@H]1Cn1c(nc3ccccc3c1=O)C2. The molecule has 1 aromatic carbocycles. The number of para-hydroxylation sites is 1. The number of amides is 2. The number of fused-ring (bicyclic) bond motifs is 4. The summed E-state index contributed by atoms with van der Waals surface area (Å²) in [6, 6.07) is 7.63. The standard InChI is InChI=1S/C22H26N4O3/c27-20-7-3-11-24(20)12-4-8-21(28)26-15-9-10-16(26)14-25-19(13-15)23-18-6-2-1-5-17(18)22(25)29/h1-2,5-6,15-16H,3-4,7-14H2/t15-,16+/m1/s1. The first kappa shape index (κ1) is 18.3. The van der Waals surface area contributed by atoms with E-state index < -0.39 is 0 Å². The van der Waals surface area contributed by atoms with E-state index in [9.17, 15) is 14.4 Å². The minimum absolute atomic E-state index is 0.00176. The molecule has 0 aliphatic carbocycles. The van der Waals surface area contributed by atoms with Gasteiger partial charge in [-0.25, -0.2) is 4.98 Å². The Balaban J connectivity index is 1.33. The van der Waals surface area contributed by atoms with Crippen LogP contribution in [0.25, 0.3) is 10.9 Å². The van der Waals surface area contributed by atoms with Crippen LogP contribution in [0.3, 0.4) is 0 Å². The van der Waals surface area contributed by atoms with Crippen LogP contribution >= 0.6 is 0 Å². The van der Waals surface area contributed by atoms with E-state index in [2.05, 4.69) is 0 Å². The Hall–Kier alpha value is -2.70. The molecule has 2 bridgehead atoms. The lowest BCUT2D eigenvalue weighted by Gasteiger charge is -2.28. The topological polar surface area (TPSA) is 75.5 Å². The van der Waals surface area contributed by atoms with Crippen LogP contribution in [0.2, 0.25) is 0 Å². The van der Waals surface area contributed by atoms with Crippen LogP contribution in [0.1, 0.15) is 44.3 Å². The van der Waals surface area contributed by atoms with Gasteiger partial charge in [-0.05, 0) is 37.8 Å². The van der Waals surface area contributed by atoms with Gasteiger partial charge in [0.1, 0.15) is 5.82 Å². The molecule has 5 rings (SSSR count). The van der Waals surface area contributed by atoms with Crippen molar-refractivity contribution in [1.82, 2.24) is 19.4 Å². The molecule has 1 aromatic heterocycles. The molecule has 3 aliphatic heterocycles. The van der Waals surface area contributed by atoms with Crippen molar-refractivity contribution in [2.45, 2.75) is 63.6 Å². The highest BCUT2D eigenvalue weighted by atomic mass is 16.2. The summed E-state index contributed by atoms with van der Waals surface area (Å²) in [5.74, 6) is 1.15. The molecule has 2 atom stereocenters. The summed E-state index contributed by atoms with van der Waals surface area (Å²) >= 11 is 0. The predicted octanol–water partition coefficient (Wildman–Crippen LogP) is 1.71. The van der Waals surface area contributed by atoms with Crippen molar-refractivity contribution in [3.05, 3.63) is 40.4 Å². The minimum Gasteiger partial charge on any atom is -0.343 e. The predicted molar refractivity (Wildman–Crippen MR) is 108 cm³/mol. The number of carbonyl (C=O) groups is 2. The van der Waals surface area contributed by atoms with Gasteiger partial charge in [-0.15, -0.1) is 0 Å². The van der Waals surface area contributed by atoms with Gasteiger partial charge in [-0.3, -0.25) is 19.0 Å². The highest BCUT2D eigenvalue weighted by Crippen LogP contribution is 2.31. The fourth-order valence-corrected chi connectivity index (χ4v) is 5.22. The maximum absolute atomic E-state index is 13.1. The lowest BCUT2D eigenvalue weighted by Crippen LogP contribution is -2.42. The summed E-state index contributed by atoms with van der Waals surface area (Å²) in [4.78, 5) is 46.5. The maximum Gasteiger partial charge on any atom is 0.261 e. The number of likely N-dealkylation sites (tertiary alicyclic amines) is 1. The van der Waals surface area contributed by atoms with E-state index in [0.717, 1.165) is 37.1 Å². The van der Waals surface area contributed by atoms with Gasteiger partial charge in [0.05, 0.1) is 16.9 Å². The number of hydrogen-bond acceptors (Lipinski definition) is 4. The third-order valence-electron chi connectivity index (χ3n) is 6.65. The van der Waals surface area contributed by atoms with Crippen LogP contribution in [0, 0.1) is 0 Å². The van der Waals surface area contributed by atoms with Crippen molar-refractivity contribution >= 4 is 22.7 Å². The van der Waals surface area contributed by atoms with E-state index in [1.807, 2.05) is 34.1 Å². The molecule has 7 nitrogen and oxygen atoms in total. The third-order valence-corrected chi connectivity index (χ3v) is 6.65. The lowest BCUT2D eigenvalue weighted by atomic mass is 10.1. The molecule has 2 amide bonds. The summed E-state index contributed by atoms with van der Waals surface area (Å²) in [6.07, 6.45) is 5.25. The lowest BCUT2D eigenvalue weighted by molar-refractivity contribution is -0.135. The van der Waals surface area contributed by atoms with Gasteiger partial charge < -0.3 is 9.80 Å². The van der Waals surface area contributed by atoms with Gasteiger partial charge in [0.25, 0.3) is 5.56 Å². The van der Waals surface area contributed by atoms with Crippen LogP contribution in [-0.2, 0) is 22.6 Å². The largest absolute Gasteiger partial charge is 0.343 e. The molecule has 4 heterocycles. The van der Waals surface area contributed by atoms with Crippen LogP contribution < -0.4 is 5.56 Å². The second-order valence-electron chi connectivity index (χ2n) is 8.44. The third kappa shape index (κ3) is 3.22. The molecule has 2 aromatic rings. The number of hydrogen-bond donors (Lipinski definition) is 0. The number of rotatable bonds is 4. The normalized spacial score (nSPS) is 23.5. The molecule has 2 saturated heterocycles. The van der Waals surface area contributed by atoms with E-state index >= 15 is 0 Å². The molecule has 152 valence electrons. The second-order valence-corrected chi connectivity index (χ2v) is 8.44. The molecule has 3 aliphatic rings. The molecule has 0 radical (unpaired) electrons. The zero-order chi connectivity index (χ0) is 20.0. The van der Waals surface area contributed by atoms with Gasteiger partial charge in [-0.2, -0.15) is 0 Å². The zero-order valence-corrected chi connectivity index (χ0v) is 16.5. The molecule has 0 spiro atoms. The quantitative estimate of drug-likeness (QED) is 0.791. The fraction of sp³-hybridized carbons (Fsp3) is 0.545. The van der Waals surface area contributed by atoms with Gasteiger partial charge in [0.2, 0.25) is 11.8 Å². The smallest absolute Gasteiger partial charge is 0.261 e. The van der Waals surface area contributed by atoms with Crippen LogP contribution in [-0.4, -0.2) is 56.3 Å². The molecule has 7 heteroatoms. The summed E-state index contributed by atoms with van der Waals surface area (Å²) < 4.78 is 1.79.